The first-order valence-corrected chi connectivity index (χ1v) is 21.3. The molecule has 0 atom stereocenters. The lowest BCUT2D eigenvalue weighted by molar-refractivity contribution is 0.802. The monoisotopic (exact) mass is 790 g/mol. The highest BCUT2D eigenvalue weighted by Gasteiger charge is 2.26. The van der Waals surface area contributed by atoms with Crippen LogP contribution in [-0.4, -0.2) is 23.7 Å². The number of pyridine rings is 1. The van der Waals surface area contributed by atoms with E-state index in [1.807, 2.05) is 6.20 Å². The molecule has 0 fully saturated rings. The Morgan fingerprint density at radius 2 is 0.984 bits per heavy atom. The maximum atomic E-state index is 5.53. The normalized spacial score (nSPS) is 12.0. The Bertz CT molecular complexity index is 3430. The number of hydrogen-bond donors (Lipinski definition) is 0. The van der Waals surface area contributed by atoms with Gasteiger partial charge in [-0.05, 0) is 108 Å². The molecule has 296 valence electrons. The van der Waals surface area contributed by atoms with Crippen molar-refractivity contribution in [2.45, 2.75) is 46.5 Å². The van der Waals surface area contributed by atoms with Gasteiger partial charge in [-0.15, -0.1) is 0 Å². The molecule has 4 heterocycles. The van der Waals surface area contributed by atoms with E-state index in [1.165, 1.54) is 43.9 Å². The zero-order valence-corrected chi connectivity index (χ0v) is 35.1. The third-order valence-electron chi connectivity index (χ3n) is 12.3. The predicted octanol–water partition coefficient (Wildman–Crippen LogP) is 14.6. The van der Waals surface area contributed by atoms with Gasteiger partial charge in [0.05, 0.1) is 38.8 Å². The van der Waals surface area contributed by atoms with Crippen molar-refractivity contribution in [2.75, 3.05) is 4.90 Å². The lowest BCUT2D eigenvalue weighted by Gasteiger charge is -2.26. The molecule has 4 aromatic heterocycles. The quantitative estimate of drug-likeness (QED) is 0.154. The van der Waals surface area contributed by atoms with Crippen molar-refractivity contribution in [3.63, 3.8) is 0 Å². The van der Waals surface area contributed by atoms with E-state index < -0.39 is 0 Å². The Morgan fingerprint density at radius 1 is 0.443 bits per heavy atom. The van der Waals surface area contributed by atoms with Crippen LogP contribution in [0.1, 0.15) is 56.2 Å². The Kier molecular flexibility index (Phi) is 8.64. The van der Waals surface area contributed by atoms with Gasteiger partial charge in [0, 0.05) is 44.8 Å². The molecule has 0 aliphatic rings. The number of hydrogen-bond acceptors (Lipinski definition) is 3. The Balaban J connectivity index is 1.20. The molecular formula is C55H46N6. The smallest absolute Gasteiger partial charge is 0.220 e. The van der Waals surface area contributed by atoms with Crippen LogP contribution in [0.4, 0.5) is 17.1 Å². The first-order valence-electron chi connectivity index (χ1n) is 21.3. The molecule has 0 radical (unpaired) electrons. The number of aromatic nitrogens is 5. The Hall–Kier alpha value is -7.44. The van der Waals surface area contributed by atoms with E-state index in [1.54, 1.807) is 0 Å². The van der Waals surface area contributed by atoms with Crippen molar-refractivity contribution in [2.24, 2.45) is 0 Å². The van der Waals surface area contributed by atoms with Gasteiger partial charge in [-0.3, -0.25) is 13.7 Å². The number of aryl methyl sites for hydroxylation is 1. The first kappa shape index (κ1) is 36.6. The molecule has 11 rings (SSSR count). The zero-order chi connectivity index (χ0) is 41.4. The molecule has 0 aliphatic carbocycles. The zero-order valence-electron chi connectivity index (χ0n) is 35.1. The highest BCUT2D eigenvalue weighted by molar-refractivity contribution is 6.12. The molecule has 11 aromatic rings. The van der Waals surface area contributed by atoms with E-state index in [9.17, 15) is 0 Å². The Morgan fingerprint density at radius 3 is 1.61 bits per heavy atom. The van der Waals surface area contributed by atoms with E-state index in [0.717, 1.165) is 61.9 Å². The van der Waals surface area contributed by atoms with Gasteiger partial charge in [0.15, 0.2) is 0 Å². The standard InChI is InChI=1S/C55H46N6/c1-35(2)41-20-15-21-42(36(3)4)54(41)61-50-25-14-11-22-47(50)57-55(61)60-49-24-13-10-19-44(49)46-29-27-40(34-52(46)60)58(38-16-7-6-8-17-38)39-26-28-45-43-18-9-12-23-48(43)59(51(45)33-39)53-32-37(5)30-31-56-53/h6-36H,1-5H3. The van der Waals surface area contributed by atoms with Crippen LogP contribution < -0.4 is 4.90 Å². The van der Waals surface area contributed by atoms with E-state index in [4.69, 9.17) is 9.97 Å². The number of para-hydroxylation sites is 6. The van der Waals surface area contributed by atoms with Crippen LogP contribution in [0.15, 0.2) is 176 Å². The summed E-state index contributed by atoms with van der Waals surface area (Å²) in [5, 5.41) is 4.75. The van der Waals surface area contributed by atoms with Crippen molar-refractivity contribution in [1.29, 1.82) is 0 Å². The second-order valence-electron chi connectivity index (χ2n) is 16.8. The fraction of sp³-hybridized carbons (Fsp3) is 0.127. The number of imidazole rings is 1. The molecule has 0 spiro atoms. The highest BCUT2D eigenvalue weighted by atomic mass is 15.3. The van der Waals surface area contributed by atoms with Gasteiger partial charge in [0.2, 0.25) is 5.95 Å². The molecule has 6 heteroatoms. The molecule has 6 nitrogen and oxygen atoms in total. The molecule has 61 heavy (non-hydrogen) atoms. The first-order chi connectivity index (χ1) is 29.9. The van der Waals surface area contributed by atoms with Gasteiger partial charge in [-0.25, -0.2) is 9.97 Å². The molecule has 0 N–H and O–H groups in total. The van der Waals surface area contributed by atoms with Crippen molar-refractivity contribution >= 4 is 71.7 Å². The maximum absolute atomic E-state index is 5.53. The van der Waals surface area contributed by atoms with E-state index >= 15 is 0 Å². The second kappa shape index (κ2) is 14.4. The van der Waals surface area contributed by atoms with Crippen LogP contribution in [0.25, 0.3) is 72.1 Å². The summed E-state index contributed by atoms with van der Waals surface area (Å²) < 4.78 is 7.12. The molecule has 0 amide bonds. The third kappa shape index (κ3) is 5.85. The number of nitrogens with zero attached hydrogens (tertiary/aromatic N) is 6. The van der Waals surface area contributed by atoms with Crippen LogP contribution in [0.3, 0.4) is 0 Å². The summed E-state index contributed by atoms with van der Waals surface area (Å²) in [7, 11) is 0. The number of fused-ring (bicyclic) bond motifs is 7. The Labute approximate surface area is 355 Å². The molecule has 0 saturated carbocycles. The molecule has 0 bridgehead atoms. The molecular weight excluding hydrogens is 745 g/mol. The number of rotatable bonds is 8. The van der Waals surface area contributed by atoms with Crippen molar-refractivity contribution < 1.29 is 0 Å². The van der Waals surface area contributed by atoms with Gasteiger partial charge < -0.3 is 4.90 Å². The van der Waals surface area contributed by atoms with Gasteiger partial charge in [0.1, 0.15) is 5.82 Å². The topological polar surface area (TPSA) is 43.8 Å². The number of benzene rings is 7. The fourth-order valence-corrected chi connectivity index (χ4v) is 9.48. The summed E-state index contributed by atoms with van der Waals surface area (Å²) in [6.45, 7) is 11.3. The minimum Gasteiger partial charge on any atom is -0.310 e. The highest BCUT2D eigenvalue weighted by Crippen LogP contribution is 2.43. The summed E-state index contributed by atoms with van der Waals surface area (Å²) >= 11 is 0. The van der Waals surface area contributed by atoms with Crippen LogP contribution in [0.2, 0.25) is 0 Å². The average Bonchev–Trinajstić information content (AvgIpc) is 3.93. The van der Waals surface area contributed by atoms with Crippen molar-refractivity contribution in [3.05, 3.63) is 193 Å². The van der Waals surface area contributed by atoms with Crippen LogP contribution in [-0.2, 0) is 0 Å². The van der Waals surface area contributed by atoms with Crippen LogP contribution in [0, 0.1) is 6.92 Å². The van der Waals surface area contributed by atoms with Gasteiger partial charge in [0.25, 0.3) is 0 Å². The van der Waals surface area contributed by atoms with Crippen molar-refractivity contribution in [1.82, 2.24) is 23.7 Å². The van der Waals surface area contributed by atoms with Crippen molar-refractivity contribution in [3.8, 4) is 17.5 Å². The van der Waals surface area contributed by atoms with E-state index in [2.05, 4.69) is 223 Å². The molecule has 0 saturated heterocycles. The predicted molar refractivity (Wildman–Crippen MR) is 255 cm³/mol. The van der Waals surface area contributed by atoms with Gasteiger partial charge in [-0.2, -0.15) is 0 Å². The summed E-state index contributed by atoms with van der Waals surface area (Å²) in [6.07, 6.45) is 1.90. The van der Waals surface area contributed by atoms with Gasteiger partial charge >= 0.3 is 0 Å². The minimum absolute atomic E-state index is 0.310. The maximum Gasteiger partial charge on any atom is 0.220 e. The van der Waals surface area contributed by atoms with E-state index in [-0.39, 0.29) is 0 Å². The molecule has 0 unspecified atom stereocenters. The number of anilines is 3. The lowest BCUT2D eigenvalue weighted by Crippen LogP contribution is -2.12. The lowest BCUT2D eigenvalue weighted by atomic mass is 9.92. The average molecular weight is 791 g/mol. The van der Waals surface area contributed by atoms with Gasteiger partial charge in [-0.1, -0.05) is 125 Å². The summed E-state index contributed by atoms with van der Waals surface area (Å²) in [5.74, 6) is 2.40. The minimum atomic E-state index is 0.310. The fourth-order valence-electron chi connectivity index (χ4n) is 9.48. The van der Waals surface area contributed by atoms with Crippen LogP contribution in [0.5, 0.6) is 0 Å². The second-order valence-corrected chi connectivity index (χ2v) is 16.8. The molecule has 7 aromatic carbocycles. The SMILES string of the molecule is Cc1ccnc(-n2c3ccccc3c3ccc(N(c4ccccc4)c4ccc5c6ccccc6n(-c6nc7ccccc7n6-c6c(C(C)C)cccc6C(C)C)c5c4)cc32)c1. The third-order valence-corrected chi connectivity index (χ3v) is 12.3. The summed E-state index contributed by atoms with van der Waals surface area (Å²) in [4.78, 5) is 12.8. The summed E-state index contributed by atoms with van der Waals surface area (Å²) in [5.41, 5.74) is 14.7. The van der Waals surface area contributed by atoms with Crippen LogP contribution >= 0.6 is 0 Å². The molecule has 0 aliphatic heterocycles. The summed E-state index contributed by atoms with van der Waals surface area (Å²) in [6, 6.07) is 61.4. The largest absolute Gasteiger partial charge is 0.310 e. The van der Waals surface area contributed by atoms with E-state index in [0.29, 0.717) is 11.8 Å².